The Kier molecular flexibility index (Phi) is 7.51. The number of hydrogen-bond donors (Lipinski definition) is 1. The van der Waals surface area contributed by atoms with E-state index >= 15 is 0 Å². The average Bonchev–Trinajstić information content (AvgIpc) is 2.79. The van der Waals surface area contributed by atoms with Gasteiger partial charge in [-0.05, 0) is 60.0 Å². The Labute approximate surface area is 186 Å². The number of amides is 1. The fourth-order valence-electron chi connectivity index (χ4n) is 2.85. The van der Waals surface area contributed by atoms with Crippen molar-refractivity contribution < 1.29 is 19.0 Å². The summed E-state index contributed by atoms with van der Waals surface area (Å²) in [6.07, 6.45) is 1.49. The van der Waals surface area contributed by atoms with Gasteiger partial charge in [0.1, 0.15) is 12.4 Å². The number of aryl methyl sites for hydroxylation is 1. The largest absolute Gasteiger partial charge is 0.497 e. The Hall–Kier alpha value is -3.51. The molecular formula is C24H23ClN2O4. The number of carbonyl (C=O) groups excluding carboxylic acids is 1. The van der Waals surface area contributed by atoms with E-state index in [9.17, 15) is 4.79 Å². The quantitative estimate of drug-likeness (QED) is 0.396. The molecule has 0 atom stereocenters. The van der Waals surface area contributed by atoms with Crippen molar-refractivity contribution in [2.75, 3.05) is 14.2 Å². The lowest BCUT2D eigenvalue weighted by atomic mass is 10.1. The number of benzene rings is 3. The summed E-state index contributed by atoms with van der Waals surface area (Å²) in [6.45, 7) is 2.39. The molecule has 0 bridgehead atoms. The number of hydrogen-bond acceptors (Lipinski definition) is 5. The van der Waals surface area contributed by atoms with Crippen LogP contribution in [-0.2, 0) is 6.61 Å². The summed E-state index contributed by atoms with van der Waals surface area (Å²) < 4.78 is 16.4. The average molecular weight is 439 g/mol. The summed E-state index contributed by atoms with van der Waals surface area (Å²) in [5.41, 5.74) is 5.80. The normalized spacial score (nSPS) is 10.7. The van der Waals surface area contributed by atoms with Crippen LogP contribution < -0.4 is 19.6 Å². The molecule has 3 rings (SSSR count). The molecule has 0 saturated carbocycles. The van der Waals surface area contributed by atoms with Gasteiger partial charge in [0.05, 0.1) is 25.5 Å². The molecule has 0 aliphatic rings. The first kappa shape index (κ1) is 22.2. The molecule has 0 aliphatic carbocycles. The molecule has 0 fully saturated rings. The number of nitrogens with zero attached hydrogens (tertiary/aromatic N) is 1. The Morgan fingerprint density at radius 1 is 1.06 bits per heavy atom. The number of rotatable bonds is 8. The van der Waals surface area contributed by atoms with Gasteiger partial charge in [-0.15, -0.1) is 0 Å². The van der Waals surface area contributed by atoms with Gasteiger partial charge in [0.2, 0.25) is 0 Å². The summed E-state index contributed by atoms with van der Waals surface area (Å²) in [7, 11) is 3.11. The van der Waals surface area contributed by atoms with Gasteiger partial charge >= 0.3 is 0 Å². The van der Waals surface area contributed by atoms with Gasteiger partial charge < -0.3 is 14.2 Å². The van der Waals surface area contributed by atoms with E-state index in [0.717, 1.165) is 11.1 Å². The molecule has 160 valence electrons. The van der Waals surface area contributed by atoms with E-state index in [0.29, 0.717) is 40.0 Å². The van der Waals surface area contributed by atoms with E-state index in [-0.39, 0.29) is 5.91 Å². The molecule has 6 nitrogen and oxygen atoms in total. The molecule has 3 aromatic rings. The number of ether oxygens (including phenoxy) is 3. The Balaban J connectivity index is 1.68. The van der Waals surface area contributed by atoms with Crippen molar-refractivity contribution in [3.05, 3.63) is 87.9 Å². The minimum atomic E-state index is -0.338. The summed E-state index contributed by atoms with van der Waals surface area (Å²) in [6, 6.07) is 18.1. The minimum absolute atomic E-state index is 0.338. The zero-order chi connectivity index (χ0) is 22.2. The summed E-state index contributed by atoms with van der Waals surface area (Å²) in [4.78, 5) is 12.2. The number of halogens is 1. The summed E-state index contributed by atoms with van der Waals surface area (Å²) in [5.74, 6) is 1.26. The van der Waals surface area contributed by atoms with Crippen LogP contribution in [0, 0.1) is 6.92 Å². The molecule has 0 aliphatic heterocycles. The van der Waals surface area contributed by atoms with Crippen molar-refractivity contribution in [2.24, 2.45) is 5.10 Å². The van der Waals surface area contributed by atoms with Crippen LogP contribution in [0.1, 0.15) is 27.0 Å². The van der Waals surface area contributed by atoms with Crippen LogP contribution in [0.2, 0.25) is 5.02 Å². The zero-order valence-electron chi connectivity index (χ0n) is 17.5. The van der Waals surface area contributed by atoms with Crippen LogP contribution in [0.4, 0.5) is 0 Å². The molecule has 31 heavy (non-hydrogen) atoms. The van der Waals surface area contributed by atoms with Crippen LogP contribution >= 0.6 is 11.6 Å². The maximum absolute atomic E-state index is 12.2. The molecule has 3 aromatic carbocycles. The third kappa shape index (κ3) is 5.77. The van der Waals surface area contributed by atoms with Crippen molar-refractivity contribution in [3.8, 4) is 17.2 Å². The topological polar surface area (TPSA) is 69.2 Å². The second kappa shape index (κ2) is 10.5. The molecular weight excluding hydrogens is 416 g/mol. The lowest BCUT2D eigenvalue weighted by molar-refractivity contribution is 0.0955. The molecule has 0 aromatic heterocycles. The van der Waals surface area contributed by atoms with E-state index in [2.05, 4.69) is 10.5 Å². The van der Waals surface area contributed by atoms with Crippen molar-refractivity contribution in [3.63, 3.8) is 0 Å². The van der Waals surface area contributed by atoms with Crippen LogP contribution in [0.15, 0.2) is 65.8 Å². The summed E-state index contributed by atoms with van der Waals surface area (Å²) in [5, 5.41) is 4.39. The third-order valence-corrected chi connectivity index (χ3v) is 4.90. The molecule has 0 radical (unpaired) electrons. The third-order valence-electron chi connectivity index (χ3n) is 4.62. The SMILES string of the molecule is COc1ccc(C(=O)N/N=C\c2cc(Cl)c(OCc3ccccc3C)c(OC)c2)cc1. The number of methoxy groups -OCH3 is 2. The maximum atomic E-state index is 12.2. The molecule has 7 heteroatoms. The second-order valence-electron chi connectivity index (χ2n) is 6.68. The van der Waals surface area contributed by atoms with E-state index in [1.807, 2.05) is 31.2 Å². The number of hydrazone groups is 1. The molecule has 0 heterocycles. The highest BCUT2D eigenvalue weighted by Crippen LogP contribution is 2.36. The Morgan fingerprint density at radius 3 is 2.48 bits per heavy atom. The minimum Gasteiger partial charge on any atom is -0.497 e. The van der Waals surface area contributed by atoms with Gasteiger partial charge in [0.15, 0.2) is 11.5 Å². The van der Waals surface area contributed by atoms with E-state index in [1.165, 1.54) is 6.21 Å². The predicted molar refractivity (Wildman–Crippen MR) is 122 cm³/mol. The maximum Gasteiger partial charge on any atom is 0.271 e. The van der Waals surface area contributed by atoms with Crippen LogP contribution in [0.3, 0.4) is 0 Å². The molecule has 0 unspecified atom stereocenters. The van der Waals surface area contributed by atoms with E-state index in [1.54, 1.807) is 50.6 Å². The smallest absolute Gasteiger partial charge is 0.271 e. The molecule has 0 spiro atoms. The predicted octanol–water partition coefficient (Wildman–Crippen LogP) is 5.01. The van der Waals surface area contributed by atoms with Gasteiger partial charge in [-0.1, -0.05) is 35.9 Å². The van der Waals surface area contributed by atoms with Gasteiger partial charge in [-0.25, -0.2) is 5.43 Å². The fraction of sp³-hybridized carbons (Fsp3) is 0.167. The van der Waals surface area contributed by atoms with Crippen molar-refractivity contribution in [2.45, 2.75) is 13.5 Å². The lowest BCUT2D eigenvalue weighted by Gasteiger charge is -2.14. The van der Waals surface area contributed by atoms with Gasteiger partial charge in [-0.3, -0.25) is 4.79 Å². The standard InChI is InChI=1S/C24H23ClN2O4/c1-16-6-4-5-7-19(16)15-31-23-21(25)12-17(13-22(23)30-3)14-26-27-24(28)18-8-10-20(29-2)11-9-18/h4-14H,15H2,1-3H3,(H,27,28)/b26-14-. The molecule has 1 N–H and O–H groups in total. The number of carbonyl (C=O) groups is 1. The zero-order valence-corrected chi connectivity index (χ0v) is 18.3. The highest BCUT2D eigenvalue weighted by atomic mass is 35.5. The van der Waals surface area contributed by atoms with Crippen LogP contribution in [0.25, 0.3) is 0 Å². The fourth-order valence-corrected chi connectivity index (χ4v) is 3.12. The van der Waals surface area contributed by atoms with Gasteiger partial charge in [-0.2, -0.15) is 5.10 Å². The van der Waals surface area contributed by atoms with Gasteiger partial charge in [0.25, 0.3) is 5.91 Å². The molecule has 0 saturated heterocycles. The first-order valence-corrected chi connectivity index (χ1v) is 9.92. The first-order chi connectivity index (χ1) is 15.0. The Morgan fingerprint density at radius 2 is 1.81 bits per heavy atom. The van der Waals surface area contributed by atoms with Crippen LogP contribution in [-0.4, -0.2) is 26.3 Å². The van der Waals surface area contributed by atoms with Crippen molar-refractivity contribution >= 4 is 23.7 Å². The first-order valence-electron chi connectivity index (χ1n) is 9.54. The Bertz CT molecular complexity index is 1080. The lowest BCUT2D eigenvalue weighted by Crippen LogP contribution is -2.17. The molecule has 1 amide bonds. The second-order valence-corrected chi connectivity index (χ2v) is 7.08. The van der Waals surface area contributed by atoms with Crippen LogP contribution in [0.5, 0.6) is 17.2 Å². The van der Waals surface area contributed by atoms with Crippen molar-refractivity contribution in [1.82, 2.24) is 5.43 Å². The highest BCUT2D eigenvalue weighted by molar-refractivity contribution is 6.32. The van der Waals surface area contributed by atoms with Crippen molar-refractivity contribution in [1.29, 1.82) is 0 Å². The number of nitrogens with one attached hydrogen (secondary N) is 1. The monoisotopic (exact) mass is 438 g/mol. The summed E-state index contributed by atoms with van der Waals surface area (Å²) >= 11 is 6.42. The highest BCUT2D eigenvalue weighted by Gasteiger charge is 2.12. The van der Waals surface area contributed by atoms with E-state index in [4.69, 9.17) is 25.8 Å². The van der Waals surface area contributed by atoms with Gasteiger partial charge in [0, 0.05) is 5.56 Å². The van der Waals surface area contributed by atoms with E-state index < -0.39 is 0 Å².